The number of aromatic carboxylic acids is 1. The van der Waals surface area contributed by atoms with Gasteiger partial charge < -0.3 is 10.0 Å². The Bertz CT molecular complexity index is 967. The van der Waals surface area contributed by atoms with Gasteiger partial charge in [-0.05, 0) is 55.7 Å². The van der Waals surface area contributed by atoms with E-state index in [0.717, 1.165) is 37.3 Å². The summed E-state index contributed by atoms with van der Waals surface area (Å²) in [6, 6.07) is 14.8. The molecule has 2 aliphatic rings. The average Bonchev–Trinajstić information content (AvgIpc) is 3.18. The first-order chi connectivity index (χ1) is 15.8. The quantitative estimate of drug-likeness (QED) is 0.723. The van der Waals surface area contributed by atoms with Crippen LogP contribution in [0.2, 0.25) is 0 Å². The number of amides is 1. The Balaban J connectivity index is 1.35. The van der Waals surface area contributed by atoms with E-state index in [1.807, 2.05) is 41.3 Å². The topological polar surface area (TPSA) is 64.1 Å². The molecule has 0 aliphatic carbocycles. The van der Waals surface area contributed by atoms with Gasteiger partial charge in [-0.1, -0.05) is 24.3 Å². The summed E-state index contributed by atoms with van der Waals surface area (Å²) in [4.78, 5) is 30.7. The van der Waals surface area contributed by atoms with Crippen LogP contribution in [0.25, 0.3) is 0 Å². The third-order valence-electron chi connectivity index (χ3n) is 6.66. The minimum atomic E-state index is -0.923. The van der Waals surface area contributed by atoms with Crippen molar-refractivity contribution in [3.8, 4) is 0 Å². The Morgan fingerprint density at radius 2 is 1.36 bits per heavy atom. The first-order valence-electron chi connectivity index (χ1n) is 11.6. The fourth-order valence-corrected chi connectivity index (χ4v) is 5.06. The summed E-state index contributed by atoms with van der Waals surface area (Å²) in [5, 5.41) is 9.07. The number of alkyl halides is 1. The zero-order valence-electron chi connectivity index (χ0n) is 19.3. The molecule has 1 N–H and O–H groups in total. The molecule has 1 amide bonds. The molecule has 0 aromatic heterocycles. The number of carbonyl (C=O) groups is 2. The lowest BCUT2D eigenvalue weighted by molar-refractivity contribution is 0.0268. The van der Waals surface area contributed by atoms with E-state index in [-0.39, 0.29) is 23.6 Å². The molecule has 2 aliphatic heterocycles. The number of carbonyl (C=O) groups excluding carboxylic acids is 1. The van der Waals surface area contributed by atoms with Crippen molar-refractivity contribution in [3.63, 3.8) is 0 Å². The molecule has 2 aromatic carbocycles. The first-order valence-corrected chi connectivity index (χ1v) is 11.6. The fourth-order valence-electron chi connectivity index (χ4n) is 5.06. The smallest absolute Gasteiger partial charge is 0.335 e. The molecule has 3 atom stereocenters. The molecule has 2 fully saturated rings. The van der Waals surface area contributed by atoms with E-state index in [1.54, 1.807) is 12.1 Å². The molecular weight excluding hydrogens is 421 g/mol. The van der Waals surface area contributed by atoms with E-state index in [4.69, 9.17) is 5.11 Å². The van der Waals surface area contributed by atoms with Crippen LogP contribution in [0.15, 0.2) is 48.5 Å². The minimum absolute atomic E-state index is 0.0389. The predicted octanol–water partition coefficient (Wildman–Crippen LogP) is 3.66. The molecule has 0 radical (unpaired) electrons. The van der Waals surface area contributed by atoms with E-state index in [2.05, 4.69) is 23.6 Å². The normalized spacial score (nSPS) is 24.2. The molecule has 7 heteroatoms. The van der Waals surface area contributed by atoms with Crippen LogP contribution in [0.1, 0.15) is 52.1 Å². The lowest BCUT2D eigenvalue weighted by Crippen LogP contribution is -2.58. The number of carboxylic acids is 1. The van der Waals surface area contributed by atoms with Crippen molar-refractivity contribution < 1.29 is 19.1 Å². The van der Waals surface area contributed by atoms with Crippen LogP contribution in [-0.2, 0) is 13.1 Å². The standard InChI is InChI=1S/C26H32FN3O3/c1-18-13-29(16-21-5-9-23(10-6-21)26(32)33)14-19(2)30(18)25(31)22-7-3-20(4-8-22)15-28-12-11-24(27)17-28/h3-10,18-19,24H,11-17H2,1-2H3,(H,32,33)/t18-,19+,24?. The summed E-state index contributed by atoms with van der Waals surface area (Å²) >= 11 is 0. The molecular formula is C26H32FN3O3. The summed E-state index contributed by atoms with van der Waals surface area (Å²) in [6.07, 6.45) is -0.122. The number of rotatable bonds is 6. The van der Waals surface area contributed by atoms with E-state index in [1.165, 1.54) is 0 Å². The van der Waals surface area contributed by atoms with Crippen LogP contribution in [0.3, 0.4) is 0 Å². The van der Waals surface area contributed by atoms with Crippen LogP contribution >= 0.6 is 0 Å². The molecule has 2 saturated heterocycles. The molecule has 0 bridgehead atoms. The lowest BCUT2D eigenvalue weighted by Gasteiger charge is -2.44. The van der Waals surface area contributed by atoms with Gasteiger partial charge in [0, 0.05) is 56.9 Å². The number of hydrogen-bond donors (Lipinski definition) is 1. The van der Waals surface area contributed by atoms with Crippen molar-refractivity contribution in [3.05, 3.63) is 70.8 Å². The maximum atomic E-state index is 13.4. The van der Waals surface area contributed by atoms with E-state index in [9.17, 15) is 14.0 Å². The molecule has 33 heavy (non-hydrogen) atoms. The Morgan fingerprint density at radius 1 is 0.848 bits per heavy atom. The summed E-state index contributed by atoms with van der Waals surface area (Å²) in [5.74, 6) is -0.884. The highest BCUT2D eigenvalue weighted by molar-refractivity contribution is 5.94. The Kier molecular flexibility index (Phi) is 7.10. The second kappa shape index (κ2) is 10.0. The number of nitrogens with zero attached hydrogens (tertiary/aromatic N) is 3. The van der Waals surface area contributed by atoms with Crippen molar-refractivity contribution in [2.45, 2.75) is 51.6 Å². The van der Waals surface area contributed by atoms with Crippen molar-refractivity contribution in [1.82, 2.24) is 14.7 Å². The van der Waals surface area contributed by atoms with Crippen LogP contribution < -0.4 is 0 Å². The molecule has 0 spiro atoms. The molecule has 2 heterocycles. The third kappa shape index (κ3) is 5.60. The first kappa shape index (κ1) is 23.4. The van der Waals surface area contributed by atoms with Crippen molar-refractivity contribution >= 4 is 11.9 Å². The highest BCUT2D eigenvalue weighted by Gasteiger charge is 2.33. The number of piperazine rings is 1. The van der Waals surface area contributed by atoms with Gasteiger partial charge in [0.05, 0.1) is 5.56 Å². The summed E-state index contributed by atoms with van der Waals surface area (Å²) in [5.41, 5.74) is 3.13. The highest BCUT2D eigenvalue weighted by Crippen LogP contribution is 2.22. The zero-order valence-corrected chi connectivity index (χ0v) is 19.3. The Labute approximate surface area is 194 Å². The molecule has 176 valence electrons. The van der Waals surface area contributed by atoms with E-state index >= 15 is 0 Å². The summed E-state index contributed by atoms with van der Waals surface area (Å²) in [6.45, 7) is 8.37. The van der Waals surface area contributed by atoms with Crippen LogP contribution in [0, 0.1) is 0 Å². The number of hydrogen-bond acceptors (Lipinski definition) is 4. The van der Waals surface area contributed by atoms with Gasteiger partial charge in [0.1, 0.15) is 6.17 Å². The van der Waals surface area contributed by atoms with E-state index in [0.29, 0.717) is 25.1 Å². The fraction of sp³-hybridized carbons (Fsp3) is 0.462. The number of likely N-dealkylation sites (tertiary alicyclic amines) is 1. The maximum Gasteiger partial charge on any atom is 0.335 e. The Morgan fingerprint density at radius 3 is 1.85 bits per heavy atom. The summed E-state index contributed by atoms with van der Waals surface area (Å²) < 4.78 is 13.4. The monoisotopic (exact) mass is 453 g/mol. The molecule has 0 saturated carbocycles. The molecule has 1 unspecified atom stereocenters. The third-order valence-corrected chi connectivity index (χ3v) is 6.66. The zero-order chi connectivity index (χ0) is 23.5. The van der Waals surface area contributed by atoms with Gasteiger partial charge >= 0.3 is 5.97 Å². The number of benzene rings is 2. The molecule has 6 nitrogen and oxygen atoms in total. The van der Waals surface area contributed by atoms with Gasteiger partial charge in [-0.25, -0.2) is 9.18 Å². The second-order valence-corrected chi connectivity index (χ2v) is 9.42. The largest absolute Gasteiger partial charge is 0.478 e. The molecule has 4 rings (SSSR count). The highest BCUT2D eigenvalue weighted by atomic mass is 19.1. The van der Waals surface area contributed by atoms with Crippen LogP contribution in [-0.4, -0.2) is 76.1 Å². The van der Waals surface area contributed by atoms with Crippen LogP contribution in [0.5, 0.6) is 0 Å². The predicted molar refractivity (Wildman–Crippen MR) is 125 cm³/mol. The Hall–Kier alpha value is -2.77. The lowest BCUT2D eigenvalue weighted by atomic mass is 10.0. The average molecular weight is 454 g/mol. The van der Waals surface area contributed by atoms with Gasteiger partial charge in [0.15, 0.2) is 0 Å². The maximum absolute atomic E-state index is 13.4. The molecule has 2 aromatic rings. The van der Waals surface area contributed by atoms with Crippen molar-refractivity contribution in [1.29, 1.82) is 0 Å². The SMILES string of the molecule is C[C@@H]1CN(Cc2ccc(C(=O)O)cc2)C[C@H](C)N1C(=O)c1ccc(CN2CCC(F)C2)cc1. The minimum Gasteiger partial charge on any atom is -0.478 e. The van der Waals surface area contributed by atoms with Crippen molar-refractivity contribution in [2.24, 2.45) is 0 Å². The second-order valence-electron chi connectivity index (χ2n) is 9.42. The number of carboxylic acid groups (broad SMARTS) is 1. The van der Waals surface area contributed by atoms with Gasteiger partial charge in [0.2, 0.25) is 0 Å². The van der Waals surface area contributed by atoms with E-state index < -0.39 is 12.1 Å². The van der Waals surface area contributed by atoms with Gasteiger partial charge in [0.25, 0.3) is 5.91 Å². The van der Waals surface area contributed by atoms with Gasteiger partial charge in [-0.3, -0.25) is 14.6 Å². The van der Waals surface area contributed by atoms with Crippen molar-refractivity contribution in [2.75, 3.05) is 26.2 Å². The summed E-state index contributed by atoms with van der Waals surface area (Å²) in [7, 11) is 0. The van der Waals surface area contributed by atoms with Gasteiger partial charge in [-0.15, -0.1) is 0 Å². The van der Waals surface area contributed by atoms with Crippen LogP contribution in [0.4, 0.5) is 4.39 Å². The number of halogens is 1. The van der Waals surface area contributed by atoms with Gasteiger partial charge in [-0.2, -0.15) is 0 Å².